The maximum absolute atomic E-state index is 12.4. The Morgan fingerprint density at radius 3 is 0.820 bits per heavy atom. The van der Waals surface area contributed by atoms with Crippen molar-refractivity contribution in [2.75, 3.05) is 0 Å². The fourth-order valence-corrected chi connectivity index (χ4v) is 8.44. The van der Waals surface area contributed by atoms with E-state index in [1.165, 1.54) is 0 Å². The van der Waals surface area contributed by atoms with Gasteiger partial charge in [-0.05, 0) is 98.0 Å². The Morgan fingerprint density at radius 2 is 0.520 bits per heavy atom. The molecule has 3 nitrogen and oxygen atoms in total. The van der Waals surface area contributed by atoms with Crippen molar-refractivity contribution in [1.82, 2.24) is 0 Å². The summed E-state index contributed by atoms with van der Waals surface area (Å²) >= 11 is 0. The third-order valence-corrected chi connectivity index (χ3v) is 10.9. The third kappa shape index (κ3) is 4.22. The minimum atomic E-state index is -0.882. The second-order valence-corrected chi connectivity index (χ2v) is 13.5. The van der Waals surface area contributed by atoms with Crippen molar-refractivity contribution in [2.24, 2.45) is 0 Å². The summed E-state index contributed by atoms with van der Waals surface area (Å²) in [5, 5.41) is 48.1. The van der Waals surface area contributed by atoms with E-state index in [9.17, 15) is 15.3 Å². The van der Waals surface area contributed by atoms with E-state index in [2.05, 4.69) is 84.9 Å². The van der Waals surface area contributed by atoms with Crippen LogP contribution < -0.4 is 0 Å². The molecule has 0 spiro atoms. The molecule has 0 saturated carbocycles. The molecule has 10 aromatic rings. The van der Waals surface area contributed by atoms with Gasteiger partial charge in [-0.25, -0.2) is 0 Å². The van der Waals surface area contributed by atoms with Gasteiger partial charge in [0.05, 0.1) is 0 Å². The predicted octanol–water partition coefficient (Wildman–Crippen LogP) is 10.7. The molecule has 0 saturated heterocycles. The van der Waals surface area contributed by atoms with Crippen LogP contribution in [0.5, 0.6) is 0 Å². The van der Waals surface area contributed by atoms with Crippen LogP contribution in [0.1, 0.15) is 51.7 Å². The molecule has 0 heterocycles. The van der Waals surface area contributed by atoms with Gasteiger partial charge in [0.1, 0.15) is 18.3 Å². The van der Waals surface area contributed by atoms with E-state index in [4.69, 9.17) is 0 Å². The molecule has 3 heteroatoms. The van der Waals surface area contributed by atoms with Gasteiger partial charge in [-0.2, -0.15) is 0 Å². The molecule has 0 fully saturated rings. The first-order valence-electron chi connectivity index (χ1n) is 17.1. The van der Waals surface area contributed by atoms with Crippen molar-refractivity contribution in [3.05, 3.63) is 191 Å². The van der Waals surface area contributed by atoms with Crippen molar-refractivity contribution >= 4 is 64.6 Å². The number of hydrogen-bond donors (Lipinski definition) is 3. The smallest absolute Gasteiger partial charge is 0.105 e. The quantitative estimate of drug-likeness (QED) is 0.158. The molecule has 0 aromatic heterocycles. The van der Waals surface area contributed by atoms with Gasteiger partial charge in [0.15, 0.2) is 0 Å². The monoisotopic (exact) mass is 644 g/mol. The summed E-state index contributed by atoms with van der Waals surface area (Å²) in [5.41, 5.74) is 5.14. The van der Waals surface area contributed by atoms with Gasteiger partial charge in [0.25, 0.3) is 0 Å². The highest BCUT2D eigenvalue weighted by Crippen LogP contribution is 2.45. The van der Waals surface area contributed by atoms with E-state index in [0.29, 0.717) is 0 Å². The first-order valence-corrected chi connectivity index (χ1v) is 17.1. The Balaban J connectivity index is 1.16. The Hall–Kier alpha value is -5.84. The summed E-state index contributed by atoms with van der Waals surface area (Å²) in [4.78, 5) is 0. The van der Waals surface area contributed by atoms with Crippen molar-refractivity contribution in [3.8, 4) is 0 Å². The molecular formula is C47H32O3. The van der Waals surface area contributed by atoms with E-state index >= 15 is 0 Å². The van der Waals surface area contributed by atoms with Gasteiger partial charge in [-0.3, -0.25) is 0 Å². The average molecular weight is 645 g/mol. The van der Waals surface area contributed by atoms with E-state index in [-0.39, 0.29) is 0 Å². The van der Waals surface area contributed by atoms with Gasteiger partial charge >= 0.3 is 0 Å². The van der Waals surface area contributed by atoms with Crippen LogP contribution in [0, 0.1) is 0 Å². The highest BCUT2D eigenvalue weighted by atomic mass is 16.3. The molecule has 10 rings (SSSR count). The normalized spacial score (nSPS) is 14.1. The number of benzene rings is 10. The highest BCUT2D eigenvalue weighted by molar-refractivity contribution is 6.26. The molecule has 2 unspecified atom stereocenters. The number of aliphatic hydroxyl groups is 3. The van der Waals surface area contributed by atoms with Crippen LogP contribution >= 0.6 is 0 Å². The molecule has 0 aliphatic rings. The van der Waals surface area contributed by atoms with Crippen LogP contribution in [0.4, 0.5) is 0 Å². The number of hydrogen-bond acceptors (Lipinski definition) is 3. The van der Waals surface area contributed by atoms with Crippen LogP contribution in [-0.4, -0.2) is 15.3 Å². The molecule has 50 heavy (non-hydrogen) atoms. The lowest BCUT2D eigenvalue weighted by Gasteiger charge is -2.22. The van der Waals surface area contributed by atoms with Crippen molar-refractivity contribution in [1.29, 1.82) is 0 Å². The molecule has 0 aliphatic carbocycles. The molecule has 0 aliphatic heterocycles. The van der Waals surface area contributed by atoms with Crippen LogP contribution in [0.2, 0.25) is 0 Å². The third-order valence-electron chi connectivity index (χ3n) is 10.9. The summed E-state index contributed by atoms with van der Waals surface area (Å²) in [5.74, 6) is 0. The molecule has 0 radical (unpaired) electrons. The van der Waals surface area contributed by atoms with Crippen molar-refractivity contribution < 1.29 is 15.3 Å². The first-order chi connectivity index (χ1) is 24.6. The molecule has 0 bridgehead atoms. The fourth-order valence-electron chi connectivity index (χ4n) is 8.44. The van der Waals surface area contributed by atoms with Gasteiger partial charge in [-0.15, -0.1) is 0 Å². The highest BCUT2D eigenvalue weighted by Gasteiger charge is 2.23. The summed E-state index contributed by atoms with van der Waals surface area (Å²) in [7, 11) is 0. The minimum Gasteiger partial charge on any atom is -0.384 e. The fraction of sp³-hybridized carbons (Fsp3) is 0.0638. The van der Waals surface area contributed by atoms with Crippen molar-refractivity contribution in [2.45, 2.75) is 18.3 Å². The standard InChI is InChI=1S/C47H32O3/c48-45(31-7-3-1-4-8-31)37-23-15-27-13-21-35-39(25-17-29-11-19-33(37)41(27)43(29)35)47(50)40-26-18-30-12-20-34-38(46(49)32-9-5-2-6-10-32)24-16-28-14-22-36(40)44(30)42(28)34/h1-26,45-50H. The van der Waals surface area contributed by atoms with Gasteiger partial charge in [0.2, 0.25) is 0 Å². The lowest BCUT2D eigenvalue weighted by molar-refractivity contribution is 0.221. The molecule has 2 atom stereocenters. The van der Waals surface area contributed by atoms with E-state index in [0.717, 1.165) is 98.0 Å². The second kappa shape index (κ2) is 11.1. The van der Waals surface area contributed by atoms with Crippen LogP contribution in [-0.2, 0) is 0 Å². The molecular weight excluding hydrogens is 613 g/mol. The molecule has 0 amide bonds. The SMILES string of the molecule is OC(c1ccccc1)c1ccc2ccc3c(C(O)c4ccc5ccc6c(C(O)c7ccccc7)ccc7ccc4c5c76)ccc4ccc1c2c43. The summed E-state index contributed by atoms with van der Waals surface area (Å²) in [6.45, 7) is 0. The summed E-state index contributed by atoms with van der Waals surface area (Å²) in [6, 6.07) is 53.1. The predicted molar refractivity (Wildman–Crippen MR) is 205 cm³/mol. The maximum Gasteiger partial charge on any atom is 0.105 e. The second-order valence-electron chi connectivity index (χ2n) is 13.5. The molecule has 3 N–H and O–H groups in total. The first kappa shape index (κ1) is 29.1. The maximum atomic E-state index is 12.4. The zero-order valence-electron chi connectivity index (χ0n) is 27.1. The van der Waals surface area contributed by atoms with Crippen LogP contribution in [0.25, 0.3) is 64.6 Å². The Kier molecular flexibility index (Phi) is 6.46. The van der Waals surface area contributed by atoms with Crippen LogP contribution in [0.15, 0.2) is 158 Å². The zero-order chi connectivity index (χ0) is 33.5. The largest absolute Gasteiger partial charge is 0.384 e. The lowest BCUT2D eigenvalue weighted by Crippen LogP contribution is -2.04. The van der Waals surface area contributed by atoms with Crippen molar-refractivity contribution in [3.63, 3.8) is 0 Å². The topological polar surface area (TPSA) is 60.7 Å². The van der Waals surface area contributed by atoms with E-state index in [1.807, 2.05) is 72.8 Å². The number of aliphatic hydroxyl groups excluding tert-OH is 3. The lowest BCUT2D eigenvalue weighted by atomic mass is 9.84. The Bertz CT molecular complexity index is 2660. The van der Waals surface area contributed by atoms with Gasteiger partial charge in [0, 0.05) is 0 Å². The molecule has 10 aromatic carbocycles. The minimum absolute atomic E-state index is 0.752. The van der Waals surface area contributed by atoms with Gasteiger partial charge in [-0.1, -0.05) is 158 Å². The zero-order valence-corrected chi connectivity index (χ0v) is 27.1. The number of rotatable bonds is 6. The van der Waals surface area contributed by atoms with Crippen LogP contribution in [0.3, 0.4) is 0 Å². The average Bonchev–Trinajstić information content (AvgIpc) is 3.18. The Morgan fingerprint density at radius 1 is 0.260 bits per heavy atom. The van der Waals surface area contributed by atoms with E-state index in [1.54, 1.807) is 0 Å². The Labute approximate surface area is 288 Å². The summed E-state index contributed by atoms with van der Waals surface area (Å²) in [6.07, 6.45) is -2.39. The molecule has 238 valence electrons. The van der Waals surface area contributed by atoms with E-state index < -0.39 is 18.3 Å². The summed E-state index contributed by atoms with van der Waals surface area (Å²) < 4.78 is 0. The van der Waals surface area contributed by atoms with Gasteiger partial charge < -0.3 is 15.3 Å².